The van der Waals surface area contributed by atoms with Gasteiger partial charge in [0.05, 0.1) is 0 Å². The topological polar surface area (TPSA) is 0 Å². The predicted molar refractivity (Wildman–Crippen MR) is 45.8 cm³/mol. The summed E-state index contributed by atoms with van der Waals surface area (Å²) in [7, 11) is -0.171. The standard InChI is InChI=1S/C6H16Si.ClH/c1-4-7(5-2)6-3;/h7H,4-6H2,1-3H3;1H. The van der Waals surface area contributed by atoms with Crippen molar-refractivity contribution in [3.05, 3.63) is 0 Å². The fraction of sp³-hybridized carbons (Fsp3) is 1.00. The molecule has 0 nitrogen and oxygen atoms in total. The smallest absolute Gasteiger partial charge is 0.0359 e. The summed E-state index contributed by atoms with van der Waals surface area (Å²) in [5.41, 5.74) is 0. The number of halogens is 1. The van der Waals surface area contributed by atoms with E-state index in [0.717, 1.165) is 0 Å². The van der Waals surface area contributed by atoms with E-state index in [-0.39, 0.29) is 21.2 Å². The minimum absolute atomic E-state index is 0. The van der Waals surface area contributed by atoms with Crippen molar-refractivity contribution in [3.63, 3.8) is 0 Å². The van der Waals surface area contributed by atoms with Gasteiger partial charge in [-0.1, -0.05) is 38.9 Å². The first-order valence-corrected chi connectivity index (χ1v) is 5.80. The molecule has 52 valence electrons. The molecule has 0 saturated carbocycles. The van der Waals surface area contributed by atoms with Crippen LogP contribution >= 0.6 is 12.4 Å². The van der Waals surface area contributed by atoms with Crippen LogP contribution in [0.4, 0.5) is 0 Å². The zero-order valence-electron chi connectivity index (χ0n) is 6.11. The zero-order valence-corrected chi connectivity index (χ0v) is 8.08. The van der Waals surface area contributed by atoms with E-state index in [2.05, 4.69) is 20.8 Å². The molecule has 0 heterocycles. The zero-order chi connectivity index (χ0) is 5.70. The predicted octanol–water partition coefficient (Wildman–Crippen LogP) is 2.70. The van der Waals surface area contributed by atoms with E-state index < -0.39 is 0 Å². The molecular weight excluding hydrogens is 136 g/mol. The van der Waals surface area contributed by atoms with Crippen LogP contribution in [0.15, 0.2) is 0 Å². The van der Waals surface area contributed by atoms with Gasteiger partial charge in [-0.15, -0.1) is 12.4 Å². The van der Waals surface area contributed by atoms with Gasteiger partial charge in [0.2, 0.25) is 0 Å². The summed E-state index contributed by atoms with van der Waals surface area (Å²) < 4.78 is 0. The second kappa shape index (κ2) is 7.51. The molecule has 0 unspecified atom stereocenters. The van der Waals surface area contributed by atoms with Crippen LogP contribution in [-0.2, 0) is 0 Å². The Morgan fingerprint density at radius 1 is 0.875 bits per heavy atom. The molecule has 0 aliphatic carbocycles. The summed E-state index contributed by atoms with van der Waals surface area (Å²) in [5, 5.41) is 0. The molecule has 0 rings (SSSR count). The van der Waals surface area contributed by atoms with Crippen LogP contribution < -0.4 is 0 Å². The molecule has 8 heavy (non-hydrogen) atoms. The summed E-state index contributed by atoms with van der Waals surface area (Å²) in [6, 6.07) is 4.48. The normalized spacial score (nSPS) is 9.00. The molecule has 0 aromatic rings. The highest BCUT2D eigenvalue weighted by molar-refractivity contribution is 6.58. The molecule has 0 aromatic heterocycles. The van der Waals surface area contributed by atoms with Crippen molar-refractivity contribution >= 4 is 21.2 Å². The van der Waals surface area contributed by atoms with Crippen LogP contribution in [0.25, 0.3) is 0 Å². The van der Waals surface area contributed by atoms with Gasteiger partial charge < -0.3 is 0 Å². The molecule has 0 aromatic carbocycles. The molecule has 0 amide bonds. The Balaban J connectivity index is 0. The lowest BCUT2D eigenvalue weighted by Gasteiger charge is -2.03. The quantitative estimate of drug-likeness (QED) is 0.546. The van der Waals surface area contributed by atoms with Crippen molar-refractivity contribution in [3.8, 4) is 0 Å². The van der Waals surface area contributed by atoms with Crippen molar-refractivity contribution in [2.24, 2.45) is 0 Å². The third kappa shape index (κ3) is 4.66. The minimum atomic E-state index is -0.171. The number of rotatable bonds is 3. The maximum absolute atomic E-state index is 2.32. The summed E-state index contributed by atoms with van der Waals surface area (Å²) in [4.78, 5) is 0. The monoisotopic (exact) mass is 152 g/mol. The third-order valence-electron chi connectivity index (χ3n) is 1.73. The van der Waals surface area contributed by atoms with E-state index >= 15 is 0 Å². The minimum Gasteiger partial charge on any atom is -0.147 e. The van der Waals surface area contributed by atoms with Gasteiger partial charge in [0, 0.05) is 8.80 Å². The van der Waals surface area contributed by atoms with E-state index in [0.29, 0.717) is 0 Å². The Hall–Kier alpha value is 0.507. The molecule has 0 bridgehead atoms. The van der Waals surface area contributed by atoms with E-state index in [1.807, 2.05) is 0 Å². The van der Waals surface area contributed by atoms with Gasteiger partial charge in [-0.25, -0.2) is 0 Å². The molecular formula is C6H17ClSi. The SMILES string of the molecule is CC[SiH](CC)CC.Cl. The van der Waals surface area contributed by atoms with Crippen LogP contribution in [0.5, 0.6) is 0 Å². The highest BCUT2D eigenvalue weighted by Gasteiger charge is 1.98. The molecule has 0 radical (unpaired) electrons. The highest BCUT2D eigenvalue weighted by atomic mass is 35.5. The molecule has 0 aliphatic heterocycles. The lowest BCUT2D eigenvalue weighted by atomic mass is 10.9. The van der Waals surface area contributed by atoms with Crippen molar-refractivity contribution < 1.29 is 0 Å². The Kier molecular flexibility index (Phi) is 10.6. The van der Waals surface area contributed by atoms with Crippen LogP contribution in [0.3, 0.4) is 0 Å². The number of hydrogen-bond donors (Lipinski definition) is 0. The first-order chi connectivity index (χ1) is 3.35. The summed E-state index contributed by atoms with van der Waals surface area (Å²) >= 11 is 0. The van der Waals surface area contributed by atoms with Crippen LogP contribution in [0.1, 0.15) is 20.8 Å². The molecule has 0 N–H and O–H groups in total. The molecule has 0 atom stereocenters. The third-order valence-corrected chi connectivity index (χ3v) is 5.20. The first kappa shape index (κ1) is 11.3. The summed E-state index contributed by atoms with van der Waals surface area (Å²) in [6.07, 6.45) is 0. The van der Waals surface area contributed by atoms with E-state index in [1.165, 1.54) is 18.1 Å². The highest BCUT2D eigenvalue weighted by Crippen LogP contribution is 2.01. The van der Waals surface area contributed by atoms with Gasteiger partial charge in [-0.05, 0) is 0 Å². The Labute approximate surface area is 60.7 Å². The van der Waals surface area contributed by atoms with Crippen molar-refractivity contribution in [1.82, 2.24) is 0 Å². The van der Waals surface area contributed by atoms with Gasteiger partial charge in [-0.2, -0.15) is 0 Å². The fourth-order valence-electron chi connectivity index (χ4n) is 0.866. The number of hydrogen-bond acceptors (Lipinski definition) is 0. The average Bonchev–Trinajstić information content (AvgIpc) is 1.72. The molecule has 0 saturated heterocycles. The fourth-order valence-corrected chi connectivity index (χ4v) is 2.60. The average molecular weight is 153 g/mol. The summed E-state index contributed by atoms with van der Waals surface area (Å²) in [5.74, 6) is 0. The van der Waals surface area contributed by atoms with Crippen molar-refractivity contribution in [2.45, 2.75) is 38.9 Å². The largest absolute Gasteiger partial charge is 0.147 e. The molecule has 0 spiro atoms. The van der Waals surface area contributed by atoms with Crippen molar-refractivity contribution in [1.29, 1.82) is 0 Å². The second-order valence-electron chi connectivity index (χ2n) is 2.09. The lowest BCUT2D eigenvalue weighted by Crippen LogP contribution is -2.04. The van der Waals surface area contributed by atoms with Crippen LogP contribution in [0.2, 0.25) is 18.1 Å². The maximum Gasteiger partial charge on any atom is 0.0359 e. The van der Waals surface area contributed by atoms with Gasteiger partial charge in [0.15, 0.2) is 0 Å². The Morgan fingerprint density at radius 2 is 1.12 bits per heavy atom. The maximum atomic E-state index is 2.32. The van der Waals surface area contributed by atoms with Crippen LogP contribution in [-0.4, -0.2) is 8.80 Å². The molecule has 0 fully saturated rings. The first-order valence-electron chi connectivity index (χ1n) is 3.35. The van der Waals surface area contributed by atoms with Gasteiger partial charge in [-0.3, -0.25) is 0 Å². The van der Waals surface area contributed by atoms with E-state index in [9.17, 15) is 0 Å². The van der Waals surface area contributed by atoms with E-state index in [4.69, 9.17) is 0 Å². The molecule has 0 aliphatic rings. The van der Waals surface area contributed by atoms with Gasteiger partial charge in [0.25, 0.3) is 0 Å². The summed E-state index contributed by atoms with van der Waals surface area (Å²) in [6.45, 7) is 6.97. The van der Waals surface area contributed by atoms with E-state index in [1.54, 1.807) is 0 Å². The van der Waals surface area contributed by atoms with Gasteiger partial charge in [0.1, 0.15) is 0 Å². The Morgan fingerprint density at radius 3 is 1.12 bits per heavy atom. The lowest BCUT2D eigenvalue weighted by molar-refractivity contribution is 1.24. The second-order valence-corrected chi connectivity index (χ2v) is 6.27. The van der Waals surface area contributed by atoms with Gasteiger partial charge >= 0.3 is 0 Å². The Bertz CT molecular complexity index is 30.0. The van der Waals surface area contributed by atoms with Crippen LogP contribution in [0, 0.1) is 0 Å². The van der Waals surface area contributed by atoms with Crippen molar-refractivity contribution in [2.75, 3.05) is 0 Å². The molecule has 2 heteroatoms.